The van der Waals surface area contributed by atoms with Gasteiger partial charge in [-0.1, -0.05) is 13.8 Å². The van der Waals surface area contributed by atoms with Crippen molar-refractivity contribution in [3.63, 3.8) is 0 Å². The highest BCUT2D eigenvalue weighted by molar-refractivity contribution is 5.75. The van der Waals surface area contributed by atoms with Crippen LogP contribution in [-0.4, -0.2) is 26.2 Å². The van der Waals surface area contributed by atoms with Gasteiger partial charge in [0, 0.05) is 6.54 Å². The van der Waals surface area contributed by atoms with Crippen LogP contribution in [0.25, 0.3) is 0 Å². The van der Waals surface area contributed by atoms with E-state index in [9.17, 15) is 4.79 Å². The van der Waals surface area contributed by atoms with E-state index in [4.69, 9.17) is 4.74 Å². The lowest BCUT2D eigenvalue weighted by atomic mass is 9.93. The molecule has 0 fully saturated rings. The first kappa shape index (κ1) is 12.4. The van der Waals surface area contributed by atoms with Crippen LogP contribution in [0.5, 0.6) is 0 Å². The van der Waals surface area contributed by atoms with E-state index in [0.717, 1.165) is 6.54 Å². The minimum Gasteiger partial charge on any atom is -0.469 e. The summed E-state index contributed by atoms with van der Waals surface area (Å²) in [5.74, 6) is 0.442. The Kier molecular flexibility index (Phi) is 4.99. The molecule has 0 aromatic rings. The zero-order valence-electron chi connectivity index (χ0n) is 9.31. The molecule has 0 spiro atoms. The van der Waals surface area contributed by atoms with Crippen molar-refractivity contribution in [2.75, 3.05) is 20.2 Å². The predicted molar refractivity (Wildman–Crippen MR) is 53.5 cm³/mol. The van der Waals surface area contributed by atoms with Gasteiger partial charge in [0.25, 0.3) is 0 Å². The third-order valence-corrected chi connectivity index (χ3v) is 1.86. The molecule has 3 nitrogen and oxygen atoms in total. The Morgan fingerprint density at radius 3 is 2.38 bits per heavy atom. The lowest BCUT2D eigenvalue weighted by molar-refractivity contribution is -0.150. The summed E-state index contributed by atoms with van der Waals surface area (Å²) in [4.78, 5) is 11.2. The molecule has 0 rings (SSSR count). The number of hydrogen-bond acceptors (Lipinski definition) is 3. The number of esters is 1. The summed E-state index contributed by atoms with van der Waals surface area (Å²) in [6.07, 6.45) is 0. The Balaban J connectivity index is 3.82. The molecule has 0 bridgehead atoms. The molecule has 1 N–H and O–H groups in total. The minimum absolute atomic E-state index is 0.163. The molecule has 0 aromatic heterocycles. The number of ether oxygens (including phenoxy) is 1. The van der Waals surface area contributed by atoms with E-state index in [1.54, 1.807) is 0 Å². The van der Waals surface area contributed by atoms with Crippen molar-refractivity contribution in [3.8, 4) is 0 Å². The minimum atomic E-state index is -0.427. The van der Waals surface area contributed by atoms with Crippen LogP contribution in [0, 0.1) is 11.3 Å². The van der Waals surface area contributed by atoms with Gasteiger partial charge in [-0.05, 0) is 26.3 Å². The lowest BCUT2D eigenvalue weighted by Crippen LogP contribution is -2.38. The lowest BCUT2D eigenvalue weighted by Gasteiger charge is -2.22. The van der Waals surface area contributed by atoms with Crippen LogP contribution >= 0.6 is 0 Å². The van der Waals surface area contributed by atoms with Gasteiger partial charge in [-0.25, -0.2) is 0 Å². The highest BCUT2D eigenvalue weighted by Gasteiger charge is 2.27. The standard InChI is InChI=1S/C10H21NO2/c1-8(2)6-11-7-10(3,4)9(12)13-5/h8,11H,6-7H2,1-5H3. The van der Waals surface area contributed by atoms with Crippen LogP contribution in [0.2, 0.25) is 0 Å². The molecule has 3 heteroatoms. The van der Waals surface area contributed by atoms with Gasteiger partial charge in [-0.15, -0.1) is 0 Å². The molecule has 0 unspecified atom stereocenters. The van der Waals surface area contributed by atoms with Crippen molar-refractivity contribution in [1.82, 2.24) is 5.32 Å². The maximum Gasteiger partial charge on any atom is 0.312 e. The molecule has 0 radical (unpaired) electrons. The Hall–Kier alpha value is -0.570. The van der Waals surface area contributed by atoms with Crippen molar-refractivity contribution >= 4 is 5.97 Å². The van der Waals surface area contributed by atoms with Gasteiger partial charge >= 0.3 is 5.97 Å². The Morgan fingerprint density at radius 1 is 1.46 bits per heavy atom. The van der Waals surface area contributed by atoms with Gasteiger partial charge in [0.1, 0.15) is 0 Å². The van der Waals surface area contributed by atoms with E-state index in [2.05, 4.69) is 19.2 Å². The molecule has 0 amide bonds. The van der Waals surface area contributed by atoms with Crippen LogP contribution in [0.15, 0.2) is 0 Å². The predicted octanol–water partition coefficient (Wildman–Crippen LogP) is 1.43. The molecule has 0 saturated carbocycles. The molecule has 13 heavy (non-hydrogen) atoms. The number of methoxy groups -OCH3 is 1. The van der Waals surface area contributed by atoms with E-state index >= 15 is 0 Å². The van der Waals surface area contributed by atoms with Gasteiger partial charge in [-0.3, -0.25) is 4.79 Å². The molecule has 78 valence electrons. The average Bonchev–Trinajstić information content (AvgIpc) is 2.01. The molecular weight excluding hydrogens is 166 g/mol. The molecule has 0 saturated heterocycles. The normalized spacial score (nSPS) is 11.8. The Bertz CT molecular complexity index is 164. The molecule has 0 aliphatic rings. The summed E-state index contributed by atoms with van der Waals surface area (Å²) in [7, 11) is 1.42. The zero-order valence-corrected chi connectivity index (χ0v) is 9.31. The molecular formula is C10H21NO2. The average molecular weight is 187 g/mol. The van der Waals surface area contributed by atoms with Gasteiger partial charge in [0.15, 0.2) is 0 Å². The summed E-state index contributed by atoms with van der Waals surface area (Å²) in [5.41, 5.74) is -0.427. The van der Waals surface area contributed by atoms with Crippen LogP contribution in [0.1, 0.15) is 27.7 Å². The van der Waals surface area contributed by atoms with Crippen LogP contribution < -0.4 is 5.32 Å². The van der Waals surface area contributed by atoms with Crippen molar-refractivity contribution in [2.24, 2.45) is 11.3 Å². The number of nitrogens with one attached hydrogen (secondary N) is 1. The SMILES string of the molecule is COC(=O)C(C)(C)CNCC(C)C. The number of rotatable bonds is 5. The maximum absolute atomic E-state index is 11.2. The van der Waals surface area contributed by atoms with E-state index in [0.29, 0.717) is 12.5 Å². The van der Waals surface area contributed by atoms with Crippen LogP contribution in [-0.2, 0) is 9.53 Å². The monoisotopic (exact) mass is 187 g/mol. The second-order valence-corrected chi connectivity index (χ2v) is 4.40. The van der Waals surface area contributed by atoms with Crippen molar-refractivity contribution in [2.45, 2.75) is 27.7 Å². The molecule has 0 aliphatic heterocycles. The molecule has 0 heterocycles. The second kappa shape index (κ2) is 5.22. The van der Waals surface area contributed by atoms with E-state index < -0.39 is 5.41 Å². The maximum atomic E-state index is 11.2. The highest BCUT2D eigenvalue weighted by Crippen LogP contribution is 2.15. The number of hydrogen-bond donors (Lipinski definition) is 1. The van der Waals surface area contributed by atoms with Gasteiger partial charge in [0.2, 0.25) is 0 Å². The van der Waals surface area contributed by atoms with Gasteiger partial charge in [-0.2, -0.15) is 0 Å². The molecule has 0 atom stereocenters. The molecule has 0 aliphatic carbocycles. The number of carbonyl (C=O) groups excluding carboxylic acids is 1. The Labute approximate surface area is 80.8 Å². The topological polar surface area (TPSA) is 38.3 Å². The quantitative estimate of drug-likeness (QED) is 0.662. The fourth-order valence-corrected chi connectivity index (χ4v) is 1.02. The summed E-state index contributed by atoms with van der Waals surface area (Å²) in [5, 5.41) is 3.24. The van der Waals surface area contributed by atoms with Gasteiger partial charge in [0.05, 0.1) is 12.5 Å². The van der Waals surface area contributed by atoms with E-state index in [-0.39, 0.29) is 5.97 Å². The highest BCUT2D eigenvalue weighted by atomic mass is 16.5. The largest absolute Gasteiger partial charge is 0.469 e. The third-order valence-electron chi connectivity index (χ3n) is 1.86. The van der Waals surface area contributed by atoms with Crippen molar-refractivity contribution in [3.05, 3.63) is 0 Å². The van der Waals surface area contributed by atoms with E-state index in [1.807, 2.05) is 13.8 Å². The first-order valence-electron chi connectivity index (χ1n) is 4.69. The van der Waals surface area contributed by atoms with Crippen molar-refractivity contribution < 1.29 is 9.53 Å². The fourth-order valence-electron chi connectivity index (χ4n) is 1.02. The van der Waals surface area contributed by atoms with Crippen molar-refractivity contribution in [1.29, 1.82) is 0 Å². The smallest absolute Gasteiger partial charge is 0.312 e. The second-order valence-electron chi connectivity index (χ2n) is 4.40. The van der Waals surface area contributed by atoms with E-state index in [1.165, 1.54) is 7.11 Å². The first-order valence-corrected chi connectivity index (χ1v) is 4.69. The summed E-state index contributed by atoms with van der Waals surface area (Å²) in [6.45, 7) is 9.63. The summed E-state index contributed by atoms with van der Waals surface area (Å²) < 4.78 is 4.69. The fraction of sp³-hybridized carbons (Fsp3) is 0.900. The molecule has 0 aromatic carbocycles. The first-order chi connectivity index (χ1) is 5.90. The van der Waals surface area contributed by atoms with Crippen LogP contribution in [0.3, 0.4) is 0 Å². The van der Waals surface area contributed by atoms with Crippen LogP contribution in [0.4, 0.5) is 0 Å². The third kappa shape index (κ3) is 4.88. The Morgan fingerprint density at radius 2 is 2.00 bits per heavy atom. The van der Waals surface area contributed by atoms with Gasteiger partial charge < -0.3 is 10.1 Å². The number of carbonyl (C=O) groups is 1. The summed E-state index contributed by atoms with van der Waals surface area (Å²) in [6, 6.07) is 0. The summed E-state index contributed by atoms with van der Waals surface area (Å²) >= 11 is 0. The zero-order chi connectivity index (χ0) is 10.5.